The number of benzene rings is 1. The maximum absolute atomic E-state index is 14.3. The molecule has 39 heavy (non-hydrogen) atoms. The molecule has 0 radical (unpaired) electrons. The largest absolute Gasteiger partial charge is 0.494 e. The van der Waals surface area contributed by atoms with Crippen LogP contribution < -0.4 is 30.1 Å². The smallest absolute Gasteiger partial charge is 0.277 e. The van der Waals surface area contributed by atoms with Crippen LogP contribution in [0.4, 0.5) is 27.9 Å². The Morgan fingerprint density at radius 2 is 1.85 bits per heavy atom. The van der Waals surface area contributed by atoms with Gasteiger partial charge < -0.3 is 35.0 Å². The summed E-state index contributed by atoms with van der Waals surface area (Å²) in [5, 5.41) is 6.60. The maximum atomic E-state index is 14.3. The summed E-state index contributed by atoms with van der Waals surface area (Å²) in [4.78, 5) is 33.7. The summed E-state index contributed by atoms with van der Waals surface area (Å²) in [7, 11) is 1.44. The first-order valence-electron chi connectivity index (χ1n) is 14.3. The second-order valence-corrected chi connectivity index (χ2v) is 10.7. The number of piperazine rings is 1. The Kier molecular flexibility index (Phi) is 8.92. The Balaban J connectivity index is 1.28. The van der Waals surface area contributed by atoms with E-state index in [9.17, 15) is 9.18 Å². The normalized spacial score (nSPS) is 21.8. The number of hydrogen-bond acceptors (Lipinski definition) is 8. The molecular formula is C27H42FN9O2+2. The van der Waals surface area contributed by atoms with Crippen LogP contribution in [0.5, 0.6) is 5.75 Å². The van der Waals surface area contributed by atoms with Crippen molar-refractivity contribution in [1.29, 1.82) is 0 Å². The average molecular weight is 544 g/mol. The summed E-state index contributed by atoms with van der Waals surface area (Å²) >= 11 is 0. The molecule has 1 aromatic heterocycles. The van der Waals surface area contributed by atoms with E-state index in [1.807, 2.05) is 4.90 Å². The number of carbonyl (C=O) groups is 1. The van der Waals surface area contributed by atoms with E-state index in [4.69, 9.17) is 14.7 Å². The average Bonchev–Trinajstić information content (AvgIpc) is 3.65. The maximum Gasteiger partial charge on any atom is 0.277 e. The van der Waals surface area contributed by atoms with Crippen LogP contribution in [0.15, 0.2) is 18.2 Å². The second-order valence-electron chi connectivity index (χ2n) is 10.7. The summed E-state index contributed by atoms with van der Waals surface area (Å²) in [5.41, 5.74) is 0.531. The molecule has 0 bridgehead atoms. The van der Waals surface area contributed by atoms with Gasteiger partial charge in [0, 0.05) is 37.7 Å². The van der Waals surface area contributed by atoms with Gasteiger partial charge in [-0.15, -0.1) is 0 Å². The van der Waals surface area contributed by atoms with Crippen LogP contribution in [-0.4, -0.2) is 104 Å². The van der Waals surface area contributed by atoms with Crippen molar-refractivity contribution in [2.24, 2.45) is 0 Å². The molecule has 1 amide bonds. The molecule has 1 aromatic carbocycles. The van der Waals surface area contributed by atoms with E-state index >= 15 is 0 Å². The molecule has 3 saturated heterocycles. The van der Waals surface area contributed by atoms with Crippen molar-refractivity contribution in [3.63, 3.8) is 0 Å². The first kappa shape index (κ1) is 27.3. The summed E-state index contributed by atoms with van der Waals surface area (Å²) in [5.74, 6) is 1.44. The highest BCUT2D eigenvalue weighted by Crippen LogP contribution is 2.23. The van der Waals surface area contributed by atoms with E-state index < -0.39 is 5.82 Å². The molecule has 3 fully saturated rings. The van der Waals surface area contributed by atoms with E-state index in [0.29, 0.717) is 36.1 Å². The van der Waals surface area contributed by atoms with Crippen molar-refractivity contribution < 1.29 is 23.7 Å². The molecule has 4 N–H and O–H groups in total. The third-order valence-electron chi connectivity index (χ3n) is 8.23. The number of anilines is 4. The molecule has 0 spiro atoms. The van der Waals surface area contributed by atoms with E-state index in [-0.39, 0.29) is 11.7 Å². The highest BCUT2D eigenvalue weighted by molar-refractivity contribution is 5.77. The lowest BCUT2D eigenvalue weighted by Gasteiger charge is -2.32. The minimum Gasteiger partial charge on any atom is -0.494 e. The molecule has 12 heteroatoms. The van der Waals surface area contributed by atoms with Gasteiger partial charge in [0.15, 0.2) is 18.1 Å². The number of methoxy groups -OCH3 is 1. The monoisotopic (exact) mass is 543 g/mol. The van der Waals surface area contributed by atoms with Gasteiger partial charge in [-0.2, -0.15) is 15.0 Å². The second kappa shape index (κ2) is 12.7. The number of ether oxygens (including phenoxy) is 1. The lowest BCUT2D eigenvalue weighted by Crippen LogP contribution is -3.15. The lowest BCUT2D eigenvalue weighted by atomic mass is 10.2. The Hall–Kier alpha value is -3.25. The van der Waals surface area contributed by atoms with Gasteiger partial charge >= 0.3 is 0 Å². The lowest BCUT2D eigenvalue weighted by molar-refractivity contribution is -0.908. The highest BCUT2D eigenvalue weighted by atomic mass is 19.1. The van der Waals surface area contributed by atoms with Crippen LogP contribution in [0.2, 0.25) is 0 Å². The van der Waals surface area contributed by atoms with Crippen LogP contribution in [0, 0.1) is 5.82 Å². The number of nitrogens with zero attached hydrogens (tertiary/aromatic N) is 5. The van der Waals surface area contributed by atoms with E-state index in [1.54, 1.807) is 17.0 Å². The molecule has 2 unspecified atom stereocenters. The van der Waals surface area contributed by atoms with Gasteiger partial charge in [-0.05, 0) is 31.9 Å². The highest BCUT2D eigenvalue weighted by Gasteiger charge is 2.29. The van der Waals surface area contributed by atoms with Crippen molar-refractivity contribution in [3.8, 4) is 5.75 Å². The van der Waals surface area contributed by atoms with Crippen molar-refractivity contribution in [2.75, 3.05) is 88.1 Å². The first-order valence-corrected chi connectivity index (χ1v) is 14.3. The zero-order valence-corrected chi connectivity index (χ0v) is 23.1. The van der Waals surface area contributed by atoms with Gasteiger partial charge in [0.1, 0.15) is 6.04 Å². The van der Waals surface area contributed by atoms with Crippen molar-refractivity contribution in [1.82, 2.24) is 19.9 Å². The van der Waals surface area contributed by atoms with Gasteiger partial charge in [0.05, 0.1) is 52.9 Å². The third-order valence-corrected chi connectivity index (χ3v) is 8.23. The van der Waals surface area contributed by atoms with Crippen molar-refractivity contribution in [2.45, 2.75) is 38.6 Å². The van der Waals surface area contributed by atoms with Crippen LogP contribution in [-0.2, 0) is 4.79 Å². The van der Waals surface area contributed by atoms with E-state index in [2.05, 4.69) is 27.4 Å². The zero-order chi connectivity index (χ0) is 27.2. The number of carbonyl (C=O) groups excluding carboxylic acids is 1. The Bertz CT molecular complexity index is 1120. The fourth-order valence-corrected chi connectivity index (χ4v) is 5.92. The fraction of sp³-hybridized carbons (Fsp3) is 0.630. The number of halogens is 1. The van der Waals surface area contributed by atoms with Crippen LogP contribution in [0.3, 0.4) is 0 Å². The molecule has 2 atom stereocenters. The zero-order valence-electron chi connectivity index (χ0n) is 23.1. The SMILES string of the molecule is CC[NH+]1CCCC1CNc1nc(Nc2ccc(OC)c(F)c2)nc(N2CC[NH+](CC(=O)N3CCCC3)CC2)n1. The molecule has 5 rings (SSSR count). The number of quaternary nitrogens is 2. The Morgan fingerprint density at radius 3 is 2.56 bits per heavy atom. The Labute approximate surface area is 229 Å². The summed E-state index contributed by atoms with van der Waals surface area (Å²) in [6.07, 6.45) is 4.65. The Morgan fingerprint density at radius 1 is 1.08 bits per heavy atom. The topological polar surface area (TPSA) is 104 Å². The molecular weight excluding hydrogens is 501 g/mol. The van der Waals surface area contributed by atoms with Gasteiger partial charge in [-0.25, -0.2) is 4.39 Å². The number of likely N-dealkylation sites (N-methyl/N-ethyl adjacent to an activating group) is 1. The fourth-order valence-electron chi connectivity index (χ4n) is 5.92. The number of hydrogen-bond donors (Lipinski definition) is 4. The molecule has 3 aliphatic heterocycles. The molecule has 0 aliphatic carbocycles. The van der Waals surface area contributed by atoms with Gasteiger partial charge in [-0.3, -0.25) is 4.79 Å². The summed E-state index contributed by atoms with van der Waals surface area (Å²) in [6.45, 7) is 10.9. The van der Waals surface area contributed by atoms with Gasteiger partial charge in [-0.1, -0.05) is 0 Å². The number of nitrogens with one attached hydrogen (secondary N) is 4. The predicted octanol–water partition coefficient (Wildman–Crippen LogP) is -0.431. The predicted molar refractivity (Wildman–Crippen MR) is 148 cm³/mol. The first-order chi connectivity index (χ1) is 19.0. The standard InChI is InChI=1S/C27H40FN9O2/c1-3-35-12-6-7-21(35)18-29-25-31-26(30-20-8-9-23(39-2)22(28)17-20)33-27(32-25)37-15-13-34(14-16-37)19-24(38)36-10-4-5-11-36/h8-9,17,21H,3-7,10-16,18-19H2,1-2H3,(H2,29,30,31,32,33)/p+2. The summed E-state index contributed by atoms with van der Waals surface area (Å²) in [6, 6.07) is 5.21. The molecule has 0 saturated carbocycles. The third kappa shape index (κ3) is 6.85. The molecule has 11 nitrogen and oxygen atoms in total. The van der Waals surface area contributed by atoms with Crippen LogP contribution >= 0.6 is 0 Å². The van der Waals surface area contributed by atoms with Crippen LogP contribution in [0.25, 0.3) is 0 Å². The van der Waals surface area contributed by atoms with E-state index in [1.165, 1.54) is 37.5 Å². The minimum absolute atomic E-state index is 0.183. The number of likely N-dealkylation sites (tertiary alicyclic amines) is 2. The summed E-state index contributed by atoms with van der Waals surface area (Å²) < 4.78 is 19.4. The van der Waals surface area contributed by atoms with Crippen LogP contribution in [0.1, 0.15) is 32.6 Å². The minimum atomic E-state index is -0.457. The van der Waals surface area contributed by atoms with Crippen molar-refractivity contribution >= 4 is 29.4 Å². The van der Waals surface area contributed by atoms with E-state index in [0.717, 1.165) is 65.2 Å². The van der Waals surface area contributed by atoms with Gasteiger partial charge in [0.25, 0.3) is 5.91 Å². The molecule has 2 aromatic rings. The molecule has 4 heterocycles. The molecule has 212 valence electrons. The number of rotatable bonds is 10. The molecule has 3 aliphatic rings. The van der Waals surface area contributed by atoms with Gasteiger partial charge in [0.2, 0.25) is 17.8 Å². The quantitative estimate of drug-likeness (QED) is 0.320. The van der Waals surface area contributed by atoms with Crippen molar-refractivity contribution in [3.05, 3.63) is 24.0 Å². The number of aromatic nitrogens is 3. The number of amides is 1.